The first-order valence-corrected chi connectivity index (χ1v) is 5.96. The number of rotatable bonds is 6. The number of aryl methyl sites for hydroxylation is 1. The molecule has 17 heavy (non-hydrogen) atoms. The molecule has 0 heterocycles. The average molecular weight is 235 g/mol. The minimum atomic E-state index is -0.833. The predicted octanol–water partition coefficient (Wildman–Crippen LogP) is 2.52. The number of aromatic carboxylic acids is 1. The van der Waals surface area contributed by atoms with Crippen LogP contribution in [0.3, 0.4) is 0 Å². The standard InChI is InChI=1S/C14H21NO2/c1-11(10-15(2)3)8-9-12-6-4-5-7-13(12)14(16)17/h4-7,11H,8-10H2,1-3H3,(H,16,17). The maximum absolute atomic E-state index is 11.0. The Labute approximate surface area is 103 Å². The van der Waals surface area contributed by atoms with Crippen LogP contribution < -0.4 is 0 Å². The molecule has 3 heteroatoms. The van der Waals surface area contributed by atoms with Crippen LogP contribution in [0.15, 0.2) is 24.3 Å². The Hall–Kier alpha value is -1.35. The zero-order valence-electron chi connectivity index (χ0n) is 10.8. The summed E-state index contributed by atoms with van der Waals surface area (Å²) in [5.41, 5.74) is 1.37. The van der Waals surface area contributed by atoms with Gasteiger partial charge >= 0.3 is 5.97 Å². The van der Waals surface area contributed by atoms with E-state index in [9.17, 15) is 4.79 Å². The number of benzene rings is 1. The lowest BCUT2D eigenvalue weighted by atomic mass is 9.97. The van der Waals surface area contributed by atoms with Crippen molar-refractivity contribution in [3.05, 3.63) is 35.4 Å². The monoisotopic (exact) mass is 235 g/mol. The van der Waals surface area contributed by atoms with E-state index < -0.39 is 5.97 Å². The third kappa shape index (κ3) is 4.57. The molecule has 94 valence electrons. The van der Waals surface area contributed by atoms with Gasteiger partial charge in [-0.15, -0.1) is 0 Å². The molecule has 0 aromatic heterocycles. The topological polar surface area (TPSA) is 40.5 Å². The number of carboxylic acid groups (broad SMARTS) is 1. The first-order valence-electron chi connectivity index (χ1n) is 5.96. The summed E-state index contributed by atoms with van der Waals surface area (Å²) < 4.78 is 0. The van der Waals surface area contributed by atoms with Gasteiger partial charge in [-0.25, -0.2) is 4.79 Å². The molecule has 0 fully saturated rings. The van der Waals surface area contributed by atoms with Crippen molar-refractivity contribution in [2.45, 2.75) is 19.8 Å². The fourth-order valence-corrected chi connectivity index (χ4v) is 2.06. The van der Waals surface area contributed by atoms with E-state index in [1.165, 1.54) is 0 Å². The largest absolute Gasteiger partial charge is 0.478 e. The smallest absolute Gasteiger partial charge is 0.335 e. The molecule has 0 aliphatic rings. The summed E-state index contributed by atoms with van der Waals surface area (Å²) in [5.74, 6) is -0.257. The van der Waals surface area contributed by atoms with Gasteiger partial charge in [-0.1, -0.05) is 25.1 Å². The number of nitrogens with zero attached hydrogens (tertiary/aromatic N) is 1. The molecule has 1 atom stereocenters. The molecule has 0 amide bonds. The molecular formula is C14H21NO2. The maximum atomic E-state index is 11.0. The van der Waals surface area contributed by atoms with Gasteiger partial charge in [-0.2, -0.15) is 0 Å². The molecule has 0 spiro atoms. The van der Waals surface area contributed by atoms with E-state index in [0.29, 0.717) is 11.5 Å². The zero-order valence-corrected chi connectivity index (χ0v) is 10.8. The normalized spacial score (nSPS) is 12.7. The number of hydrogen-bond acceptors (Lipinski definition) is 2. The van der Waals surface area contributed by atoms with Crippen molar-refractivity contribution in [2.24, 2.45) is 5.92 Å². The summed E-state index contributed by atoms with van der Waals surface area (Å²) in [7, 11) is 4.11. The summed E-state index contributed by atoms with van der Waals surface area (Å²) in [4.78, 5) is 13.2. The van der Waals surface area contributed by atoms with Crippen molar-refractivity contribution in [3.63, 3.8) is 0 Å². The number of carboxylic acids is 1. The van der Waals surface area contributed by atoms with E-state index in [-0.39, 0.29) is 0 Å². The van der Waals surface area contributed by atoms with Gasteiger partial charge in [0.25, 0.3) is 0 Å². The molecule has 3 nitrogen and oxygen atoms in total. The summed E-state index contributed by atoms with van der Waals surface area (Å²) >= 11 is 0. The molecule has 0 saturated heterocycles. The molecule has 0 bridgehead atoms. The molecule has 0 aliphatic carbocycles. The van der Waals surface area contributed by atoms with Crippen molar-refractivity contribution in [2.75, 3.05) is 20.6 Å². The number of carbonyl (C=O) groups is 1. The lowest BCUT2D eigenvalue weighted by Gasteiger charge is -2.17. The molecule has 1 aromatic carbocycles. The highest BCUT2D eigenvalue weighted by molar-refractivity contribution is 5.89. The second-order valence-electron chi connectivity index (χ2n) is 4.87. The van der Waals surface area contributed by atoms with Gasteiger partial charge in [0.15, 0.2) is 0 Å². The van der Waals surface area contributed by atoms with Crippen LogP contribution in [0, 0.1) is 5.92 Å². The van der Waals surface area contributed by atoms with Crippen LogP contribution in [-0.4, -0.2) is 36.6 Å². The Balaban J connectivity index is 2.60. The Morgan fingerprint density at radius 3 is 2.59 bits per heavy atom. The second kappa shape index (κ2) is 6.40. The van der Waals surface area contributed by atoms with Crippen molar-refractivity contribution in [1.29, 1.82) is 0 Å². The predicted molar refractivity (Wildman–Crippen MR) is 69.4 cm³/mol. The lowest BCUT2D eigenvalue weighted by molar-refractivity contribution is 0.0695. The van der Waals surface area contributed by atoms with Crippen LogP contribution in [0.5, 0.6) is 0 Å². The van der Waals surface area contributed by atoms with Gasteiger partial charge < -0.3 is 10.0 Å². The van der Waals surface area contributed by atoms with Gasteiger partial charge in [0.1, 0.15) is 0 Å². The van der Waals surface area contributed by atoms with Gasteiger partial charge in [0.2, 0.25) is 0 Å². The van der Waals surface area contributed by atoms with Gasteiger partial charge in [-0.3, -0.25) is 0 Å². The van der Waals surface area contributed by atoms with Crippen LogP contribution in [-0.2, 0) is 6.42 Å². The van der Waals surface area contributed by atoms with Crippen molar-refractivity contribution in [3.8, 4) is 0 Å². The fraction of sp³-hybridized carbons (Fsp3) is 0.500. The van der Waals surface area contributed by atoms with Gasteiger partial charge in [0.05, 0.1) is 5.56 Å². The molecule has 0 saturated carbocycles. The molecular weight excluding hydrogens is 214 g/mol. The van der Waals surface area contributed by atoms with Crippen LogP contribution in [0.2, 0.25) is 0 Å². The maximum Gasteiger partial charge on any atom is 0.335 e. The highest BCUT2D eigenvalue weighted by atomic mass is 16.4. The van der Waals surface area contributed by atoms with Crippen molar-refractivity contribution >= 4 is 5.97 Å². The van der Waals surface area contributed by atoms with Gasteiger partial charge in [-0.05, 0) is 44.5 Å². The third-order valence-corrected chi connectivity index (χ3v) is 2.83. The Morgan fingerprint density at radius 1 is 1.35 bits per heavy atom. The fourth-order valence-electron chi connectivity index (χ4n) is 2.06. The van der Waals surface area contributed by atoms with Crippen LogP contribution in [0.1, 0.15) is 29.3 Å². The molecule has 1 aromatic rings. The lowest BCUT2D eigenvalue weighted by Crippen LogP contribution is -2.20. The quantitative estimate of drug-likeness (QED) is 0.823. The molecule has 1 N–H and O–H groups in total. The highest BCUT2D eigenvalue weighted by Gasteiger charge is 2.10. The summed E-state index contributed by atoms with van der Waals surface area (Å²) in [6.45, 7) is 3.23. The SMILES string of the molecule is CC(CCc1ccccc1C(=O)O)CN(C)C. The second-order valence-corrected chi connectivity index (χ2v) is 4.87. The van der Waals surface area contributed by atoms with E-state index in [0.717, 1.165) is 24.9 Å². The minimum absolute atomic E-state index is 0.435. The molecule has 0 aliphatic heterocycles. The molecule has 0 radical (unpaired) electrons. The molecule has 1 unspecified atom stereocenters. The van der Waals surface area contributed by atoms with E-state index in [1.54, 1.807) is 12.1 Å². The van der Waals surface area contributed by atoms with E-state index in [4.69, 9.17) is 5.11 Å². The van der Waals surface area contributed by atoms with Crippen molar-refractivity contribution in [1.82, 2.24) is 4.90 Å². The first-order chi connectivity index (χ1) is 8.00. The Morgan fingerprint density at radius 2 is 2.00 bits per heavy atom. The molecule has 1 rings (SSSR count). The van der Waals surface area contributed by atoms with E-state index in [2.05, 4.69) is 25.9 Å². The van der Waals surface area contributed by atoms with Crippen molar-refractivity contribution < 1.29 is 9.90 Å². The number of hydrogen-bond donors (Lipinski definition) is 1. The van der Waals surface area contributed by atoms with Crippen LogP contribution in [0.4, 0.5) is 0 Å². The van der Waals surface area contributed by atoms with E-state index >= 15 is 0 Å². The Bertz CT molecular complexity index is 374. The third-order valence-electron chi connectivity index (χ3n) is 2.83. The minimum Gasteiger partial charge on any atom is -0.478 e. The highest BCUT2D eigenvalue weighted by Crippen LogP contribution is 2.14. The summed E-state index contributed by atoms with van der Waals surface area (Å²) in [6, 6.07) is 7.26. The van der Waals surface area contributed by atoms with Crippen LogP contribution >= 0.6 is 0 Å². The Kier molecular flexibility index (Phi) is 5.16. The summed E-state index contributed by atoms with van der Waals surface area (Å²) in [5, 5.41) is 9.07. The first kappa shape index (κ1) is 13.7. The van der Waals surface area contributed by atoms with Gasteiger partial charge in [0, 0.05) is 6.54 Å². The average Bonchev–Trinajstić information content (AvgIpc) is 2.25. The van der Waals surface area contributed by atoms with Crippen LogP contribution in [0.25, 0.3) is 0 Å². The van der Waals surface area contributed by atoms with E-state index in [1.807, 2.05) is 12.1 Å². The summed E-state index contributed by atoms with van der Waals surface area (Å²) in [6.07, 6.45) is 1.85. The zero-order chi connectivity index (χ0) is 12.8.